The second-order valence-corrected chi connectivity index (χ2v) is 6.45. The number of halogens is 1. The average molecular weight is 335 g/mol. The van der Waals surface area contributed by atoms with Gasteiger partial charge in [0.15, 0.2) is 0 Å². The fourth-order valence-electron chi connectivity index (χ4n) is 3.34. The maximum absolute atomic E-state index is 12.3. The molecule has 1 saturated carbocycles. The highest BCUT2D eigenvalue weighted by Gasteiger charge is 2.40. The molecule has 2 N–H and O–H groups in total. The molecule has 3 atom stereocenters. The second kappa shape index (κ2) is 4.56. The van der Waals surface area contributed by atoms with Gasteiger partial charge in [-0.25, -0.2) is 4.98 Å². The van der Waals surface area contributed by atoms with Gasteiger partial charge in [0.05, 0.1) is 16.3 Å². The predicted octanol–water partition coefficient (Wildman–Crippen LogP) is 1.58. The summed E-state index contributed by atoms with van der Waals surface area (Å²) >= 11 is 3.46. The zero-order valence-electron chi connectivity index (χ0n) is 10.8. The Morgan fingerprint density at radius 2 is 2.35 bits per heavy atom. The van der Waals surface area contributed by atoms with E-state index in [9.17, 15) is 4.79 Å². The van der Waals surface area contributed by atoms with Gasteiger partial charge in [0.1, 0.15) is 5.69 Å². The Morgan fingerprint density at radius 1 is 1.45 bits per heavy atom. The van der Waals surface area contributed by atoms with E-state index >= 15 is 0 Å². The minimum Gasteiger partial charge on any atom is -0.348 e. The summed E-state index contributed by atoms with van der Waals surface area (Å²) in [6.45, 7) is 1.02. The SMILES string of the molecule is O=C(NC1CC2CC1CN2)c1cn2c(Br)ccc2cn1. The van der Waals surface area contributed by atoms with Gasteiger partial charge in [-0.3, -0.25) is 4.79 Å². The summed E-state index contributed by atoms with van der Waals surface area (Å²) in [5.41, 5.74) is 1.43. The van der Waals surface area contributed by atoms with Gasteiger partial charge in [-0.05, 0) is 46.8 Å². The molecule has 1 aliphatic carbocycles. The summed E-state index contributed by atoms with van der Waals surface area (Å²) in [6, 6.07) is 4.78. The summed E-state index contributed by atoms with van der Waals surface area (Å²) < 4.78 is 2.85. The smallest absolute Gasteiger partial charge is 0.271 e. The number of carbonyl (C=O) groups excluding carboxylic acids is 1. The van der Waals surface area contributed by atoms with E-state index in [0.717, 1.165) is 23.1 Å². The fourth-order valence-corrected chi connectivity index (χ4v) is 3.78. The first-order valence-corrected chi connectivity index (χ1v) is 7.67. The van der Waals surface area contributed by atoms with E-state index in [1.54, 1.807) is 12.4 Å². The van der Waals surface area contributed by atoms with E-state index in [2.05, 4.69) is 31.5 Å². The van der Waals surface area contributed by atoms with Gasteiger partial charge in [-0.1, -0.05) is 0 Å². The number of nitrogens with zero attached hydrogens (tertiary/aromatic N) is 2. The van der Waals surface area contributed by atoms with Gasteiger partial charge in [-0.15, -0.1) is 0 Å². The molecule has 6 heteroatoms. The highest BCUT2D eigenvalue weighted by atomic mass is 79.9. The van der Waals surface area contributed by atoms with Gasteiger partial charge < -0.3 is 15.0 Å². The van der Waals surface area contributed by atoms with Crippen LogP contribution >= 0.6 is 15.9 Å². The number of aromatic nitrogens is 2. The lowest BCUT2D eigenvalue weighted by molar-refractivity contribution is 0.0919. The molecule has 1 saturated heterocycles. The van der Waals surface area contributed by atoms with Crippen molar-refractivity contribution in [2.75, 3.05) is 6.54 Å². The fraction of sp³-hybridized carbons (Fsp3) is 0.429. The Hall–Kier alpha value is -1.40. The first-order valence-electron chi connectivity index (χ1n) is 6.87. The summed E-state index contributed by atoms with van der Waals surface area (Å²) in [6.07, 6.45) is 5.72. The molecule has 20 heavy (non-hydrogen) atoms. The first kappa shape index (κ1) is 12.3. The van der Waals surface area contributed by atoms with Crippen molar-refractivity contribution in [1.29, 1.82) is 0 Å². The summed E-state index contributed by atoms with van der Waals surface area (Å²) in [5.74, 6) is 0.496. The van der Waals surface area contributed by atoms with Crippen LogP contribution in [0, 0.1) is 5.92 Å². The minimum atomic E-state index is -0.0787. The van der Waals surface area contributed by atoms with Crippen molar-refractivity contribution in [2.45, 2.75) is 24.9 Å². The van der Waals surface area contributed by atoms with Crippen molar-refractivity contribution in [3.05, 3.63) is 34.8 Å². The largest absolute Gasteiger partial charge is 0.348 e. The van der Waals surface area contributed by atoms with Gasteiger partial charge >= 0.3 is 0 Å². The lowest BCUT2D eigenvalue weighted by Crippen LogP contribution is -2.44. The lowest BCUT2D eigenvalue weighted by Gasteiger charge is -2.23. The highest BCUT2D eigenvalue weighted by molar-refractivity contribution is 9.10. The third kappa shape index (κ3) is 1.94. The molecular formula is C14H15BrN4O. The number of amides is 1. The van der Waals surface area contributed by atoms with Crippen LogP contribution in [0.1, 0.15) is 23.3 Å². The van der Waals surface area contributed by atoms with Gasteiger partial charge in [-0.2, -0.15) is 0 Å². The maximum Gasteiger partial charge on any atom is 0.271 e. The summed E-state index contributed by atoms with van der Waals surface area (Å²) in [4.78, 5) is 16.6. The molecule has 1 aliphatic heterocycles. The van der Waals surface area contributed by atoms with Crippen LogP contribution in [0.3, 0.4) is 0 Å². The van der Waals surface area contributed by atoms with Crippen LogP contribution in [0.2, 0.25) is 0 Å². The number of hydrogen-bond donors (Lipinski definition) is 2. The topological polar surface area (TPSA) is 58.4 Å². The van der Waals surface area contributed by atoms with Crippen molar-refractivity contribution in [3.8, 4) is 0 Å². The molecule has 2 bridgehead atoms. The number of piperidine rings is 1. The molecule has 5 nitrogen and oxygen atoms in total. The van der Waals surface area contributed by atoms with E-state index in [4.69, 9.17) is 0 Å². The molecule has 2 aliphatic rings. The van der Waals surface area contributed by atoms with Crippen LogP contribution in [-0.4, -0.2) is 33.9 Å². The Labute approximate surface area is 124 Å². The Balaban J connectivity index is 1.56. The molecule has 3 heterocycles. The van der Waals surface area contributed by atoms with E-state index in [1.807, 2.05) is 16.5 Å². The van der Waals surface area contributed by atoms with Gasteiger partial charge in [0.2, 0.25) is 0 Å². The number of hydrogen-bond acceptors (Lipinski definition) is 3. The number of rotatable bonds is 2. The molecule has 0 radical (unpaired) electrons. The third-order valence-corrected chi connectivity index (χ3v) is 5.05. The number of carbonyl (C=O) groups is 1. The van der Waals surface area contributed by atoms with Crippen molar-refractivity contribution in [2.24, 2.45) is 5.92 Å². The first-order chi connectivity index (χ1) is 9.70. The predicted molar refractivity (Wildman–Crippen MR) is 78.7 cm³/mol. The van der Waals surface area contributed by atoms with Crippen molar-refractivity contribution in [1.82, 2.24) is 20.0 Å². The molecule has 2 aromatic rings. The van der Waals surface area contributed by atoms with Crippen molar-refractivity contribution in [3.63, 3.8) is 0 Å². The van der Waals surface area contributed by atoms with E-state index in [1.165, 1.54) is 6.42 Å². The highest BCUT2D eigenvalue weighted by Crippen LogP contribution is 2.31. The lowest BCUT2D eigenvalue weighted by atomic mass is 10.0. The number of nitrogens with one attached hydrogen (secondary N) is 2. The minimum absolute atomic E-state index is 0.0787. The van der Waals surface area contributed by atoms with Crippen LogP contribution in [0.15, 0.2) is 29.1 Å². The molecule has 1 amide bonds. The zero-order chi connectivity index (χ0) is 13.7. The van der Waals surface area contributed by atoms with Gasteiger partial charge in [0.25, 0.3) is 5.91 Å². The molecule has 2 aromatic heterocycles. The molecule has 2 fully saturated rings. The number of fused-ring (bicyclic) bond motifs is 3. The quantitative estimate of drug-likeness (QED) is 0.876. The monoisotopic (exact) mass is 334 g/mol. The van der Waals surface area contributed by atoms with E-state index < -0.39 is 0 Å². The molecule has 3 unspecified atom stereocenters. The second-order valence-electron chi connectivity index (χ2n) is 5.64. The van der Waals surface area contributed by atoms with Crippen molar-refractivity contribution >= 4 is 27.4 Å². The van der Waals surface area contributed by atoms with Crippen LogP contribution in [0.5, 0.6) is 0 Å². The molecule has 0 spiro atoms. The summed E-state index contributed by atoms with van der Waals surface area (Å²) in [5, 5.41) is 6.58. The maximum atomic E-state index is 12.3. The van der Waals surface area contributed by atoms with Crippen LogP contribution in [-0.2, 0) is 0 Å². The molecule has 4 rings (SSSR count). The van der Waals surface area contributed by atoms with Gasteiger partial charge in [0, 0.05) is 24.8 Å². The average Bonchev–Trinajstić information content (AvgIpc) is 3.15. The molecule has 0 aromatic carbocycles. The van der Waals surface area contributed by atoms with Crippen LogP contribution in [0.4, 0.5) is 0 Å². The Bertz CT molecular complexity index is 683. The molecular weight excluding hydrogens is 320 g/mol. The third-order valence-electron chi connectivity index (χ3n) is 4.40. The van der Waals surface area contributed by atoms with Crippen LogP contribution in [0.25, 0.3) is 5.52 Å². The molecule has 104 valence electrons. The standard InChI is InChI=1S/C14H15BrN4O/c15-13-2-1-10-6-17-12(7-19(10)13)14(20)18-11-4-9-3-8(11)5-16-9/h1-2,6-9,11,16H,3-5H2,(H,18,20). The van der Waals surface area contributed by atoms with E-state index in [-0.39, 0.29) is 5.91 Å². The Kier molecular flexibility index (Phi) is 2.82. The van der Waals surface area contributed by atoms with E-state index in [0.29, 0.717) is 23.7 Å². The normalized spacial score (nSPS) is 28.1. The van der Waals surface area contributed by atoms with Crippen molar-refractivity contribution < 1.29 is 4.79 Å². The summed E-state index contributed by atoms with van der Waals surface area (Å²) in [7, 11) is 0. The Morgan fingerprint density at radius 3 is 3.10 bits per heavy atom. The van der Waals surface area contributed by atoms with Crippen LogP contribution < -0.4 is 10.6 Å². The zero-order valence-corrected chi connectivity index (χ0v) is 12.4.